The van der Waals surface area contributed by atoms with E-state index in [1.165, 1.54) is 6.20 Å². The van der Waals surface area contributed by atoms with Crippen molar-refractivity contribution in [1.29, 1.82) is 0 Å². The molecular formula is C4H8N3O+. The van der Waals surface area contributed by atoms with Crippen LogP contribution in [0.3, 0.4) is 0 Å². The lowest BCUT2D eigenvalue weighted by Crippen LogP contribution is -2.29. The smallest absolute Gasteiger partial charge is 0.371 e. The van der Waals surface area contributed by atoms with Crippen LogP contribution >= 0.6 is 0 Å². The van der Waals surface area contributed by atoms with Crippen LogP contribution in [0.4, 0.5) is 5.95 Å². The Morgan fingerprint density at radius 3 is 2.62 bits per heavy atom. The molecule has 44 valence electrons. The molecule has 0 atom stereocenters. The lowest BCUT2D eigenvalue weighted by Gasteiger charge is -1.84. The maximum Gasteiger partial charge on any atom is 0.391 e. The summed E-state index contributed by atoms with van der Waals surface area (Å²) in [5.41, 5.74) is 5.28. The summed E-state index contributed by atoms with van der Waals surface area (Å²) in [6, 6.07) is 0. The van der Waals surface area contributed by atoms with E-state index in [4.69, 9.17) is 10.9 Å². The molecule has 0 aliphatic rings. The zero-order valence-electron chi connectivity index (χ0n) is 4.57. The largest absolute Gasteiger partial charge is 0.391 e. The van der Waals surface area contributed by atoms with Gasteiger partial charge in [0.15, 0.2) is 0 Å². The number of rotatable bonds is 0. The van der Waals surface area contributed by atoms with Crippen molar-refractivity contribution in [1.82, 2.24) is 4.73 Å². The van der Waals surface area contributed by atoms with Gasteiger partial charge >= 0.3 is 5.95 Å². The van der Waals surface area contributed by atoms with E-state index >= 15 is 0 Å². The summed E-state index contributed by atoms with van der Waals surface area (Å²) in [5.74, 6) is 0.324. The van der Waals surface area contributed by atoms with Gasteiger partial charge in [0.2, 0.25) is 0 Å². The highest BCUT2D eigenvalue weighted by Gasteiger charge is 2.03. The maximum absolute atomic E-state index is 8.71. The molecular weight excluding hydrogens is 106 g/mol. The highest BCUT2D eigenvalue weighted by atomic mass is 16.5. The molecule has 0 aliphatic carbocycles. The van der Waals surface area contributed by atoms with Gasteiger partial charge in [-0.25, -0.2) is 4.57 Å². The Morgan fingerprint density at radius 2 is 2.50 bits per heavy atom. The Hall–Kier alpha value is -1.19. The molecule has 0 unspecified atom stereocenters. The Balaban J connectivity index is 3.19. The lowest BCUT2D eigenvalue weighted by molar-refractivity contribution is -0.656. The number of aryl methyl sites for hydroxylation is 1. The van der Waals surface area contributed by atoms with E-state index in [2.05, 4.69) is 0 Å². The Morgan fingerprint density at radius 1 is 1.88 bits per heavy atom. The third-order valence-corrected chi connectivity index (χ3v) is 1.03. The van der Waals surface area contributed by atoms with Gasteiger partial charge in [0, 0.05) is 0 Å². The minimum Gasteiger partial charge on any atom is -0.371 e. The maximum atomic E-state index is 8.71. The molecule has 1 aromatic heterocycles. The highest BCUT2D eigenvalue weighted by molar-refractivity contribution is 5.04. The standard InChI is InChI=1S/C4H7N3O/c1-6-2-3-7(8)4(6)5/h2-3,5,8H,1H3/p+1. The number of nitrogen functional groups attached to an aromatic ring is 1. The molecule has 0 aliphatic heterocycles. The fraction of sp³-hybridized carbons (Fsp3) is 0.250. The summed E-state index contributed by atoms with van der Waals surface area (Å²) < 4.78 is 2.47. The van der Waals surface area contributed by atoms with Crippen molar-refractivity contribution in [2.24, 2.45) is 7.05 Å². The number of nitrogens with two attached hydrogens (primary N) is 1. The summed E-state index contributed by atoms with van der Waals surface area (Å²) in [7, 11) is 1.75. The van der Waals surface area contributed by atoms with Crippen LogP contribution in [0.25, 0.3) is 0 Å². The van der Waals surface area contributed by atoms with Gasteiger partial charge in [-0.3, -0.25) is 5.73 Å². The second-order valence-electron chi connectivity index (χ2n) is 1.61. The minimum atomic E-state index is 0.324. The van der Waals surface area contributed by atoms with Crippen molar-refractivity contribution in [2.45, 2.75) is 0 Å². The van der Waals surface area contributed by atoms with E-state index in [0.29, 0.717) is 5.95 Å². The van der Waals surface area contributed by atoms with Gasteiger partial charge in [-0.1, -0.05) is 4.73 Å². The van der Waals surface area contributed by atoms with Crippen LogP contribution in [0.2, 0.25) is 0 Å². The van der Waals surface area contributed by atoms with Crippen LogP contribution in [0.1, 0.15) is 0 Å². The number of hydrogen-bond acceptors (Lipinski definition) is 2. The number of nitrogens with zero attached hydrogens (tertiary/aromatic N) is 2. The van der Waals surface area contributed by atoms with E-state index in [1.807, 2.05) is 0 Å². The number of hydrogen-bond donors (Lipinski definition) is 2. The first kappa shape index (κ1) is 4.96. The first-order chi connectivity index (χ1) is 3.72. The Labute approximate surface area is 46.7 Å². The van der Waals surface area contributed by atoms with Crippen molar-refractivity contribution < 1.29 is 9.77 Å². The van der Waals surface area contributed by atoms with Crippen molar-refractivity contribution in [2.75, 3.05) is 5.73 Å². The van der Waals surface area contributed by atoms with E-state index < -0.39 is 0 Å². The van der Waals surface area contributed by atoms with Crippen molar-refractivity contribution in [3.63, 3.8) is 0 Å². The van der Waals surface area contributed by atoms with E-state index in [-0.39, 0.29) is 0 Å². The summed E-state index contributed by atoms with van der Waals surface area (Å²) in [6.45, 7) is 0. The van der Waals surface area contributed by atoms with Crippen LogP contribution in [0.15, 0.2) is 12.4 Å². The van der Waals surface area contributed by atoms with E-state index in [1.54, 1.807) is 17.8 Å². The average Bonchev–Trinajstić information content (AvgIpc) is 1.98. The minimum absolute atomic E-state index is 0.324. The average molecular weight is 114 g/mol. The first-order valence-electron chi connectivity index (χ1n) is 2.23. The molecule has 1 rings (SSSR count). The molecule has 0 fully saturated rings. The molecule has 4 heteroatoms. The fourth-order valence-electron chi connectivity index (χ4n) is 0.477. The first-order valence-corrected chi connectivity index (χ1v) is 2.23. The van der Waals surface area contributed by atoms with Crippen LogP contribution in [0, 0.1) is 0 Å². The number of anilines is 1. The molecule has 3 N–H and O–H groups in total. The molecule has 0 spiro atoms. The van der Waals surface area contributed by atoms with Crippen LogP contribution in [0.5, 0.6) is 0 Å². The Kier molecular flexibility index (Phi) is 0.865. The van der Waals surface area contributed by atoms with Crippen molar-refractivity contribution in [3.05, 3.63) is 12.4 Å². The number of imidazole rings is 1. The van der Waals surface area contributed by atoms with Crippen LogP contribution in [-0.2, 0) is 7.05 Å². The quantitative estimate of drug-likeness (QED) is 0.340. The van der Waals surface area contributed by atoms with Gasteiger partial charge in [-0.2, -0.15) is 0 Å². The van der Waals surface area contributed by atoms with Gasteiger partial charge in [0.25, 0.3) is 0 Å². The predicted molar refractivity (Wildman–Crippen MR) is 27.2 cm³/mol. The van der Waals surface area contributed by atoms with E-state index in [9.17, 15) is 0 Å². The predicted octanol–water partition coefficient (Wildman–Crippen LogP) is -0.868. The van der Waals surface area contributed by atoms with E-state index in [0.717, 1.165) is 4.73 Å². The highest BCUT2D eigenvalue weighted by Crippen LogP contribution is 1.86. The second kappa shape index (κ2) is 1.40. The lowest BCUT2D eigenvalue weighted by atomic mass is 10.9. The molecule has 4 nitrogen and oxygen atoms in total. The molecule has 0 amide bonds. The van der Waals surface area contributed by atoms with Crippen LogP contribution < -0.4 is 10.3 Å². The van der Waals surface area contributed by atoms with Gasteiger partial charge in [-0.05, 0) is 0 Å². The van der Waals surface area contributed by atoms with Gasteiger partial charge in [-0.15, -0.1) is 0 Å². The zero-order valence-corrected chi connectivity index (χ0v) is 4.57. The zero-order chi connectivity index (χ0) is 6.15. The van der Waals surface area contributed by atoms with Gasteiger partial charge < -0.3 is 5.21 Å². The normalized spacial score (nSPS) is 9.62. The molecule has 1 heterocycles. The fourth-order valence-corrected chi connectivity index (χ4v) is 0.477. The topological polar surface area (TPSA) is 55.1 Å². The molecule has 1 aromatic rings. The molecule has 8 heavy (non-hydrogen) atoms. The third-order valence-electron chi connectivity index (χ3n) is 1.03. The monoisotopic (exact) mass is 114 g/mol. The molecule has 0 radical (unpaired) electrons. The second-order valence-corrected chi connectivity index (χ2v) is 1.61. The molecule has 0 saturated carbocycles. The van der Waals surface area contributed by atoms with Crippen molar-refractivity contribution in [3.8, 4) is 0 Å². The van der Waals surface area contributed by atoms with Gasteiger partial charge in [0.05, 0.1) is 7.05 Å². The SMILES string of the molecule is C[n+]1ccn(O)c1N. The molecule has 0 saturated heterocycles. The molecule has 0 bridgehead atoms. The third kappa shape index (κ3) is 0.501. The Bertz CT molecular complexity index is 174. The van der Waals surface area contributed by atoms with Gasteiger partial charge in [0.1, 0.15) is 12.4 Å². The molecule has 0 aromatic carbocycles. The summed E-state index contributed by atoms with van der Waals surface area (Å²) in [6.07, 6.45) is 3.13. The van der Waals surface area contributed by atoms with Crippen LogP contribution in [-0.4, -0.2) is 9.94 Å². The number of aromatic nitrogens is 2. The summed E-state index contributed by atoms with van der Waals surface area (Å²) in [5, 5.41) is 8.71. The van der Waals surface area contributed by atoms with Crippen molar-refractivity contribution >= 4 is 5.95 Å². The summed E-state index contributed by atoms with van der Waals surface area (Å²) in [4.78, 5) is 0. The summed E-state index contributed by atoms with van der Waals surface area (Å²) >= 11 is 0.